The van der Waals surface area contributed by atoms with E-state index in [9.17, 15) is 33.1 Å². The second-order valence-corrected chi connectivity index (χ2v) is 12.3. The number of aliphatic hydroxyl groups is 2. The van der Waals surface area contributed by atoms with Crippen LogP contribution >= 0.6 is 0 Å². The zero-order valence-corrected chi connectivity index (χ0v) is 22.9. The molecular weight excluding hydrogens is 460 g/mol. The fourth-order valence-electron chi connectivity index (χ4n) is 5.11. The Kier molecular flexibility index (Phi) is 15.0. The Balaban J connectivity index is 5.66. The van der Waals surface area contributed by atoms with Gasteiger partial charge in [0.1, 0.15) is 0 Å². The number of rotatable bonds is 21. The molecule has 34 heavy (non-hydrogen) atoms. The Bertz CT molecular complexity index is 673. The lowest BCUT2D eigenvalue weighted by molar-refractivity contribution is -0.891. The molecule has 0 spiro atoms. The SMILES string of the molecule is CCCCCCCCCCCCNC(C(C(=O)O)[N+](C)(C)C)(C(C)(CCO)CCO)S(=O)(=O)O. The van der Waals surface area contributed by atoms with Gasteiger partial charge in [0, 0.05) is 18.6 Å². The summed E-state index contributed by atoms with van der Waals surface area (Å²) in [5, 5.41) is 32.5. The van der Waals surface area contributed by atoms with E-state index in [1.54, 1.807) is 21.1 Å². The normalized spacial score (nSPS) is 15.8. The third-order valence-electron chi connectivity index (χ3n) is 6.94. The molecule has 0 aliphatic heterocycles. The maximum Gasteiger partial charge on any atom is 0.365 e. The number of quaternary nitrogens is 1. The lowest BCUT2D eigenvalue weighted by Crippen LogP contribution is -2.77. The highest BCUT2D eigenvalue weighted by atomic mass is 32.2. The highest BCUT2D eigenvalue weighted by molar-refractivity contribution is 7.87. The molecule has 0 heterocycles. The van der Waals surface area contributed by atoms with Gasteiger partial charge in [0.15, 0.2) is 0 Å². The average molecular weight is 512 g/mol. The number of aliphatic hydroxyl groups excluding tert-OH is 2. The van der Waals surface area contributed by atoms with E-state index >= 15 is 0 Å². The number of likely N-dealkylation sites (N-methyl/N-ethyl adjacent to an activating group) is 1. The molecule has 0 aliphatic rings. The first-order valence-electron chi connectivity index (χ1n) is 12.7. The van der Waals surface area contributed by atoms with Gasteiger partial charge in [-0.2, -0.15) is 8.42 Å². The maximum atomic E-state index is 13.0. The highest BCUT2D eigenvalue weighted by Crippen LogP contribution is 2.46. The van der Waals surface area contributed by atoms with Crippen LogP contribution in [0.15, 0.2) is 0 Å². The van der Waals surface area contributed by atoms with Gasteiger partial charge in [0.05, 0.1) is 21.1 Å². The molecule has 9 nitrogen and oxygen atoms in total. The molecule has 0 radical (unpaired) electrons. The highest BCUT2D eigenvalue weighted by Gasteiger charge is 2.68. The summed E-state index contributed by atoms with van der Waals surface area (Å²) in [4.78, 5) is 10.1. The number of carboxylic acids is 1. The van der Waals surface area contributed by atoms with Crippen LogP contribution in [0, 0.1) is 5.41 Å². The van der Waals surface area contributed by atoms with Gasteiger partial charge in [-0.25, -0.2) is 4.79 Å². The first kappa shape index (κ1) is 33.2. The van der Waals surface area contributed by atoms with Crippen molar-refractivity contribution in [2.24, 2.45) is 5.41 Å². The van der Waals surface area contributed by atoms with Crippen molar-refractivity contribution in [3.8, 4) is 0 Å². The summed E-state index contributed by atoms with van der Waals surface area (Å²) < 4.78 is 36.3. The number of carboxylic acid groups (broad SMARTS) is 1. The van der Waals surface area contributed by atoms with Crippen LogP contribution in [-0.2, 0) is 14.9 Å². The molecule has 2 unspecified atom stereocenters. The first-order chi connectivity index (χ1) is 15.7. The Hall–Kier alpha value is -0.780. The van der Waals surface area contributed by atoms with Crippen molar-refractivity contribution in [2.75, 3.05) is 40.9 Å². The van der Waals surface area contributed by atoms with Crippen LogP contribution in [0.25, 0.3) is 0 Å². The molecule has 0 aliphatic carbocycles. The van der Waals surface area contributed by atoms with E-state index < -0.39 is 45.6 Å². The van der Waals surface area contributed by atoms with Crippen molar-refractivity contribution < 1.29 is 37.6 Å². The molecule has 5 N–H and O–H groups in total. The van der Waals surface area contributed by atoms with Crippen LogP contribution < -0.4 is 5.32 Å². The number of unbranched alkanes of at least 4 members (excludes halogenated alkanes) is 9. The summed E-state index contributed by atoms with van der Waals surface area (Å²) >= 11 is 0. The third kappa shape index (κ3) is 9.35. The average Bonchev–Trinajstić information content (AvgIpc) is 2.69. The van der Waals surface area contributed by atoms with Crippen molar-refractivity contribution in [1.29, 1.82) is 0 Å². The predicted molar refractivity (Wildman–Crippen MR) is 135 cm³/mol. The predicted octanol–water partition coefficient (Wildman–Crippen LogP) is 3.01. The molecule has 10 heteroatoms. The quantitative estimate of drug-likeness (QED) is 0.0898. The summed E-state index contributed by atoms with van der Waals surface area (Å²) in [5.74, 6) is -1.39. The van der Waals surface area contributed by atoms with E-state index in [0.29, 0.717) is 6.42 Å². The Morgan fingerprint density at radius 1 is 0.882 bits per heavy atom. The minimum absolute atomic E-state index is 0.109. The molecule has 2 atom stereocenters. The number of hydrogen-bond donors (Lipinski definition) is 5. The smallest absolute Gasteiger partial charge is 0.365 e. The van der Waals surface area contributed by atoms with Crippen molar-refractivity contribution in [3.63, 3.8) is 0 Å². The largest absolute Gasteiger partial charge is 0.477 e. The molecule has 0 aromatic rings. The van der Waals surface area contributed by atoms with Gasteiger partial charge in [-0.15, -0.1) is 0 Å². The lowest BCUT2D eigenvalue weighted by Gasteiger charge is -2.52. The molecular formula is C24H51N2O7S+. The number of nitrogens with zero attached hydrogens (tertiary/aromatic N) is 1. The number of nitrogens with one attached hydrogen (secondary N) is 1. The minimum Gasteiger partial charge on any atom is -0.477 e. The minimum atomic E-state index is -5.00. The van der Waals surface area contributed by atoms with Gasteiger partial charge < -0.3 is 19.8 Å². The molecule has 0 aromatic carbocycles. The number of hydrogen-bond acceptors (Lipinski definition) is 6. The molecule has 0 fully saturated rings. The fourth-order valence-corrected chi connectivity index (χ4v) is 6.92. The molecule has 0 bridgehead atoms. The molecule has 0 aromatic heterocycles. The van der Waals surface area contributed by atoms with Crippen molar-refractivity contribution in [1.82, 2.24) is 5.32 Å². The van der Waals surface area contributed by atoms with Crippen LogP contribution in [0.4, 0.5) is 0 Å². The van der Waals surface area contributed by atoms with Gasteiger partial charge in [-0.3, -0.25) is 9.87 Å². The van der Waals surface area contributed by atoms with Crippen LogP contribution in [0.5, 0.6) is 0 Å². The Morgan fingerprint density at radius 2 is 1.29 bits per heavy atom. The molecule has 0 rings (SSSR count). The van der Waals surface area contributed by atoms with Crippen LogP contribution in [0.1, 0.15) is 90.9 Å². The zero-order valence-electron chi connectivity index (χ0n) is 22.1. The molecule has 0 amide bonds. The van der Waals surface area contributed by atoms with E-state index in [1.807, 2.05) is 0 Å². The summed E-state index contributed by atoms with van der Waals surface area (Å²) in [7, 11) is -0.334. The van der Waals surface area contributed by atoms with E-state index in [0.717, 1.165) is 19.3 Å². The number of aliphatic carboxylic acids is 1. The maximum absolute atomic E-state index is 13.0. The molecule has 0 saturated heterocycles. The van der Waals surface area contributed by atoms with Crippen molar-refractivity contribution in [2.45, 2.75) is 102 Å². The Labute approximate surface area is 207 Å². The second kappa shape index (κ2) is 15.4. The fraction of sp³-hybridized carbons (Fsp3) is 0.958. The van der Waals surface area contributed by atoms with E-state index in [1.165, 1.54) is 45.4 Å². The van der Waals surface area contributed by atoms with Crippen LogP contribution in [0.2, 0.25) is 0 Å². The first-order valence-corrected chi connectivity index (χ1v) is 14.2. The molecule has 204 valence electrons. The van der Waals surface area contributed by atoms with Crippen molar-refractivity contribution in [3.05, 3.63) is 0 Å². The standard InChI is InChI=1S/C24H50N2O7S/c1-6-7-8-9-10-11-12-13-14-15-18-25-24(34(31,32)33,21(22(29)30)26(3,4)5)23(2,16-19-27)17-20-28/h21,25,27-28H,6-20H2,1-5H3,(H-,29,30,31,32,33)/p+1. The van der Waals surface area contributed by atoms with Gasteiger partial charge in [0.25, 0.3) is 10.1 Å². The third-order valence-corrected chi connectivity index (χ3v) is 8.62. The number of carbonyl (C=O) groups is 1. The lowest BCUT2D eigenvalue weighted by atomic mass is 9.72. The summed E-state index contributed by atoms with van der Waals surface area (Å²) in [5.41, 5.74) is -1.45. The van der Waals surface area contributed by atoms with Gasteiger partial charge >= 0.3 is 5.97 Å². The monoisotopic (exact) mass is 511 g/mol. The van der Waals surface area contributed by atoms with E-state index in [-0.39, 0.29) is 23.9 Å². The van der Waals surface area contributed by atoms with Gasteiger partial charge in [-0.05, 0) is 25.8 Å². The van der Waals surface area contributed by atoms with Crippen LogP contribution in [-0.4, -0.2) is 90.6 Å². The Morgan fingerprint density at radius 3 is 1.62 bits per heavy atom. The second-order valence-electron chi connectivity index (χ2n) is 10.7. The zero-order chi connectivity index (χ0) is 26.5. The van der Waals surface area contributed by atoms with E-state index in [2.05, 4.69) is 12.2 Å². The topological polar surface area (TPSA) is 144 Å². The molecule has 0 saturated carbocycles. The van der Waals surface area contributed by atoms with Crippen LogP contribution in [0.3, 0.4) is 0 Å². The van der Waals surface area contributed by atoms with Gasteiger partial charge in [0.2, 0.25) is 10.9 Å². The van der Waals surface area contributed by atoms with Crippen molar-refractivity contribution >= 4 is 16.1 Å². The summed E-state index contributed by atoms with van der Waals surface area (Å²) in [6, 6.07) is -1.59. The van der Waals surface area contributed by atoms with Gasteiger partial charge in [-0.1, -0.05) is 71.6 Å². The summed E-state index contributed by atoms with van der Waals surface area (Å²) in [6.45, 7) is 3.05. The van der Waals surface area contributed by atoms with E-state index in [4.69, 9.17) is 0 Å². The summed E-state index contributed by atoms with van der Waals surface area (Å²) in [6.07, 6.45) is 10.8.